The number of fused-ring (bicyclic) bond motifs is 3. The van der Waals surface area contributed by atoms with Gasteiger partial charge in [0.1, 0.15) is 10.7 Å². The third kappa shape index (κ3) is 5.62. The van der Waals surface area contributed by atoms with E-state index in [1.165, 1.54) is 28.6 Å². The van der Waals surface area contributed by atoms with E-state index in [1.807, 2.05) is 11.8 Å². The molecule has 9 heteroatoms. The minimum absolute atomic E-state index is 0.0134. The van der Waals surface area contributed by atoms with Crippen molar-refractivity contribution >= 4 is 45.1 Å². The van der Waals surface area contributed by atoms with E-state index in [1.54, 1.807) is 11.3 Å². The summed E-state index contributed by atoms with van der Waals surface area (Å²) in [5.74, 6) is 2.08. The molecule has 2 N–H and O–H groups in total. The molecular formula is C24H34N4O3S2. The molecule has 1 atom stereocenters. The lowest BCUT2D eigenvalue weighted by atomic mass is 9.95. The zero-order valence-electron chi connectivity index (χ0n) is 19.7. The Hall–Kier alpha value is -1.87. The highest BCUT2D eigenvalue weighted by atomic mass is 32.2. The number of amides is 2. The molecule has 4 rings (SSSR count). The van der Waals surface area contributed by atoms with Crippen molar-refractivity contribution in [2.75, 3.05) is 18.8 Å². The number of aromatic nitrogens is 2. The van der Waals surface area contributed by atoms with Crippen LogP contribution in [0.2, 0.25) is 0 Å². The number of aromatic amines is 1. The molecule has 2 amide bonds. The largest absolute Gasteiger partial charge is 0.353 e. The molecular weight excluding hydrogens is 456 g/mol. The topological polar surface area (TPSA) is 95.2 Å². The van der Waals surface area contributed by atoms with E-state index >= 15 is 0 Å². The van der Waals surface area contributed by atoms with Crippen molar-refractivity contribution in [1.29, 1.82) is 0 Å². The minimum atomic E-state index is -0.0477. The Morgan fingerprint density at radius 2 is 1.94 bits per heavy atom. The molecule has 0 spiro atoms. The number of aryl methyl sites for hydroxylation is 2. The summed E-state index contributed by atoms with van der Waals surface area (Å²) < 4.78 is 0. The zero-order valence-corrected chi connectivity index (χ0v) is 21.4. The Bertz CT molecular complexity index is 1070. The average Bonchev–Trinajstić information content (AvgIpc) is 3.17. The number of likely N-dealkylation sites (tertiary alicyclic amines) is 1. The maximum absolute atomic E-state index is 12.7. The van der Waals surface area contributed by atoms with Gasteiger partial charge in [-0.3, -0.25) is 14.4 Å². The molecule has 0 aromatic carbocycles. The highest BCUT2D eigenvalue weighted by Crippen LogP contribution is 2.33. The fourth-order valence-electron chi connectivity index (χ4n) is 4.50. The van der Waals surface area contributed by atoms with E-state index in [9.17, 15) is 14.4 Å². The maximum Gasteiger partial charge on any atom is 0.259 e. The molecule has 3 heterocycles. The Morgan fingerprint density at radius 3 is 2.67 bits per heavy atom. The molecule has 0 radical (unpaired) electrons. The second kappa shape index (κ2) is 10.6. The maximum atomic E-state index is 12.7. The lowest BCUT2D eigenvalue weighted by molar-refractivity contribution is -0.134. The van der Waals surface area contributed by atoms with E-state index in [0.717, 1.165) is 29.5 Å². The molecule has 1 saturated heterocycles. The SMILES string of the molecule is CC(C)C(C)NC(=O)C1CCN(C(=O)CSCc2nc3sc4c(c3c(=O)[nH]2)CCCC4)CC1. The van der Waals surface area contributed by atoms with Crippen LogP contribution in [0.5, 0.6) is 0 Å². The number of rotatable bonds is 7. The van der Waals surface area contributed by atoms with E-state index in [-0.39, 0.29) is 29.3 Å². The molecule has 180 valence electrons. The van der Waals surface area contributed by atoms with Crippen LogP contribution in [0.1, 0.15) is 62.7 Å². The number of carbonyl (C=O) groups excluding carboxylic acids is 2. The number of nitrogens with zero attached hydrogens (tertiary/aromatic N) is 2. The van der Waals surface area contributed by atoms with Crippen molar-refractivity contribution < 1.29 is 9.59 Å². The van der Waals surface area contributed by atoms with Crippen LogP contribution >= 0.6 is 23.1 Å². The van der Waals surface area contributed by atoms with Crippen molar-refractivity contribution in [2.24, 2.45) is 11.8 Å². The zero-order chi connectivity index (χ0) is 23.5. The summed E-state index contributed by atoms with van der Waals surface area (Å²) in [5.41, 5.74) is 1.15. The van der Waals surface area contributed by atoms with Crippen LogP contribution in [-0.4, -0.2) is 51.6 Å². The van der Waals surface area contributed by atoms with Gasteiger partial charge in [-0.1, -0.05) is 13.8 Å². The highest BCUT2D eigenvalue weighted by Gasteiger charge is 2.28. The fraction of sp³-hybridized carbons (Fsp3) is 0.667. The Labute approximate surface area is 203 Å². The van der Waals surface area contributed by atoms with Crippen LogP contribution in [0.25, 0.3) is 10.2 Å². The van der Waals surface area contributed by atoms with Crippen molar-refractivity contribution in [2.45, 2.75) is 71.1 Å². The van der Waals surface area contributed by atoms with E-state index < -0.39 is 0 Å². The number of piperidine rings is 1. The first kappa shape index (κ1) is 24.3. The van der Waals surface area contributed by atoms with Gasteiger partial charge >= 0.3 is 0 Å². The Morgan fingerprint density at radius 1 is 1.21 bits per heavy atom. The summed E-state index contributed by atoms with van der Waals surface area (Å²) in [6.07, 6.45) is 5.75. The van der Waals surface area contributed by atoms with Gasteiger partial charge in [-0.05, 0) is 56.9 Å². The molecule has 0 bridgehead atoms. The van der Waals surface area contributed by atoms with Crippen LogP contribution < -0.4 is 10.9 Å². The van der Waals surface area contributed by atoms with Gasteiger partial charge in [0, 0.05) is 29.9 Å². The number of hydrogen-bond donors (Lipinski definition) is 2. The van der Waals surface area contributed by atoms with Crippen LogP contribution in [-0.2, 0) is 28.2 Å². The van der Waals surface area contributed by atoms with E-state index in [2.05, 4.69) is 29.1 Å². The van der Waals surface area contributed by atoms with Crippen molar-refractivity contribution in [3.63, 3.8) is 0 Å². The van der Waals surface area contributed by atoms with Gasteiger partial charge in [-0.15, -0.1) is 23.1 Å². The molecule has 1 unspecified atom stereocenters. The first-order valence-electron chi connectivity index (χ1n) is 12.0. The number of nitrogens with one attached hydrogen (secondary N) is 2. The monoisotopic (exact) mass is 490 g/mol. The van der Waals surface area contributed by atoms with Crippen LogP contribution in [0.4, 0.5) is 0 Å². The molecule has 1 aliphatic heterocycles. The molecule has 7 nitrogen and oxygen atoms in total. The average molecular weight is 491 g/mol. The summed E-state index contributed by atoms with van der Waals surface area (Å²) in [6.45, 7) is 7.47. The normalized spacial score (nSPS) is 17.9. The number of thiophene rings is 1. The van der Waals surface area contributed by atoms with Gasteiger partial charge < -0.3 is 15.2 Å². The van der Waals surface area contributed by atoms with Gasteiger partial charge in [-0.2, -0.15) is 0 Å². The van der Waals surface area contributed by atoms with Crippen LogP contribution in [0, 0.1) is 11.8 Å². The van der Waals surface area contributed by atoms with Crippen LogP contribution in [0.3, 0.4) is 0 Å². The van der Waals surface area contributed by atoms with Crippen molar-refractivity contribution in [1.82, 2.24) is 20.2 Å². The summed E-state index contributed by atoms with van der Waals surface area (Å²) in [5, 5.41) is 3.87. The third-order valence-corrected chi connectivity index (χ3v) is 9.04. The van der Waals surface area contributed by atoms with E-state index in [0.29, 0.717) is 49.2 Å². The number of thioether (sulfide) groups is 1. The lowest BCUT2D eigenvalue weighted by Gasteiger charge is -2.32. The van der Waals surface area contributed by atoms with Crippen molar-refractivity contribution in [3.8, 4) is 0 Å². The van der Waals surface area contributed by atoms with Crippen molar-refractivity contribution in [3.05, 3.63) is 26.6 Å². The first-order valence-corrected chi connectivity index (χ1v) is 14.0. The van der Waals surface area contributed by atoms with Gasteiger partial charge in [0.15, 0.2) is 0 Å². The first-order chi connectivity index (χ1) is 15.8. The fourth-order valence-corrected chi connectivity index (χ4v) is 6.57. The predicted octanol–water partition coefficient (Wildman–Crippen LogP) is 3.50. The Balaban J connectivity index is 1.26. The van der Waals surface area contributed by atoms with Crippen LogP contribution in [0.15, 0.2) is 4.79 Å². The Kier molecular flexibility index (Phi) is 7.79. The summed E-state index contributed by atoms with van der Waals surface area (Å²) >= 11 is 3.13. The van der Waals surface area contributed by atoms with Gasteiger partial charge in [0.05, 0.1) is 16.9 Å². The molecule has 1 fully saturated rings. The second-order valence-corrected chi connectivity index (χ2v) is 11.7. The minimum Gasteiger partial charge on any atom is -0.353 e. The second-order valence-electron chi connectivity index (χ2n) is 9.59. The summed E-state index contributed by atoms with van der Waals surface area (Å²) in [6, 6.07) is 0.160. The molecule has 33 heavy (non-hydrogen) atoms. The lowest BCUT2D eigenvalue weighted by Crippen LogP contribution is -2.46. The number of carbonyl (C=O) groups is 2. The molecule has 1 aliphatic carbocycles. The van der Waals surface area contributed by atoms with Gasteiger partial charge in [0.2, 0.25) is 11.8 Å². The van der Waals surface area contributed by atoms with Gasteiger partial charge in [-0.25, -0.2) is 4.98 Å². The smallest absolute Gasteiger partial charge is 0.259 e. The van der Waals surface area contributed by atoms with E-state index in [4.69, 9.17) is 0 Å². The molecule has 2 aliphatic rings. The standard InChI is InChI=1S/C24H34N4O3S2/c1-14(2)15(3)25-22(30)16-8-10-28(11-9-16)20(29)13-32-12-19-26-23(31)21-17-6-4-5-7-18(17)33-24(21)27-19/h14-16H,4-13H2,1-3H3,(H,25,30)(H,26,27,31). The molecule has 2 aromatic rings. The quantitative estimate of drug-likeness (QED) is 0.619. The number of hydrogen-bond acceptors (Lipinski definition) is 6. The summed E-state index contributed by atoms with van der Waals surface area (Å²) in [4.78, 5) is 49.4. The third-order valence-electron chi connectivity index (χ3n) is 6.93. The number of H-pyrrole nitrogens is 1. The predicted molar refractivity (Wildman–Crippen MR) is 135 cm³/mol. The summed E-state index contributed by atoms with van der Waals surface area (Å²) in [7, 11) is 0. The molecule has 2 aromatic heterocycles. The van der Waals surface area contributed by atoms with Gasteiger partial charge in [0.25, 0.3) is 5.56 Å². The highest BCUT2D eigenvalue weighted by molar-refractivity contribution is 7.99. The molecule has 0 saturated carbocycles.